The highest BCUT2D eigenvalue weighted by Crippen LogP contribution is 2.34. The van der Waals surface area contributed by atoms with Gasteiger partial charge in [0.15, 0.2) is 6.29 Å². The average Bonchev–Trinajstić information content (AvgIpc) is 2.54. The fourth-order valence-corrected chi connectivity index (χ4v) is 2.69. The second kappa shape index (κ2) is 5.95. The van der Waals surface area contributed by atoms with Gasteiger partial charge in [-0.3, -0.25) is 0 Å². The standard InChI is InChI=1S/C16H20O4/c1-3-12-8-9-14-15(19-12)10-18-16(20-14)11-4-6-13(17-2)7-5-11/h3-7,12,14-16H,1,8-10H2,2H3/t12-,14+,15-,16?/m1/s1. The summed E-state index contributed by atoms with van der Waals surface area (Å²) in [7, 11) is 1.66. The Balaban J connectivity index is 1.65. The first-order valence-corrected chi connectivity index (χ1v) is 6.99. The van der Waals surface area contributed by atoms with E-state index in [1.165, 1.54) is 0 Å². The van der Waals surface area contributed by atoms with E-state index in [1.807, 2.05) is 30.3 Å². The largest absolute Gasteiger partial charge is 0.497 e. The van der Waals surface area contributed by atoms with Crippen molar-refractivity contribution in [1.29, 1.82) is 0 Å². The van der Waals surface area contributed by atoms with Crippen LogP contribution in [0.15, 0.2) is 36.9 Å². The van der Waals surface area contributed by atoms with Gasteiger partial charge in [-0.05, 0) is 25.0 Å². The first kappa shape index (κ1) is 13.6. The Bertz CT molecular complexity index is 456. The topological polar surface area (TPSA) is 36.9 Å². The molecule has 2 saturated heterocycles. The van der Waals surface area contributed by atoms with Crippen LogP contribution in [0.5, 0.6) is 5.75 Å². The molecule has 3 rings (SSSR count). The smallest absolute Gasteiger partial charge is 0.184 e. The predicted molar refractivity (Wildman–Crippen MR) is 74.7 cm³/mol. The van der Waals surface area contributed by atoms with Crippen molar-refractivity contribution in [3.63, 3.8) is 0 Å². The molecule has 2 aliphatic heterocycles. The van der Waals surface area contributed by atoms with Gasteiger partial charge in [-0.25, -0.2) is 0 Å². The molecule has 0 aromatic heterocycles. The van der Waals surface area contributed by atoms with Crippen LogP contribution in [0.4, 0.5) is 0 Å². The molecule has 1 unspecified atom stereocenters. The molecular weight excluding hydrogens is 256 g/mol. The quantitative estimate of drug-likeness (QED) is 0.796. The fourth-order valence-electron chi connectivity index (χ4n) is 2.69. The van der Waals surface area contributed by atoms with Crippen LogP contribution in [0.25, 0.3) is 0 Å². The molecular formula is C16H20O4. The number of ether oxygens (including phenoxy) is 4. The molecule has 0 radical (unpaired) electrons. The van der Waals surface area contributed by atoms with Gasteiger partial charge in [-0.1, -0.05) is 18.2 Å². The Morgan fingerprint density at radius 1 is 1.15 bits per heavy atom. The lowest BCUT2D eigenvalue weighted by Gasteiger charge is -2.41. The maximum Gasteiger partial charge on any atom is 0.184 e. The maximum atomic E-state index is 6.02. The molecule has 0 aliphatic carbocycles. The highest BCUT2D eigenvalue weighted by molar-refractivity contribution is 5.28. The molecule has 0 spiro atoms. The first-order valence-electron chi connectivity index (χ1n) is 6.99. The van der Waals surface area contributed by atoms with Crippen molar-refractivity contribution in [3.05, 3.63) is 42.5 Å². The molecule has 4 heteroatoms. The molecule has 2 heterocycles. The van der Waals surface area contributed by atoms with Crippen LogP contribution in [0.3, 0.4) is 0 Å². The van der Waals surface area contributed by atoms with E-state index in [4.69, 9.17) is 18.9 Å². The number of fused-ring (bicyclic) bond motifs is 1. The van der Waals surface area contributed by atoms with Gasteiger partial charge >= 0.3 is 0 Å². The summed E-state index contributed by atoms with van der Waals surface area (Å²) in [5.74, 6) is 0.831. The third-order valence-corrected chi connectivity index (χ3v) is 3.86. The predicted octanol–water partition coefficient (Wildman–Crippen LogP) is 2.84. The van der Waals surface area contributed by atoms with Crippen molar-refractivity contribution in [1.82, 2.24) is 0 Å². The van der Waals surface area contributed by atoms with Crippen LogP contribution < -0.4 is 4.74 Å². The number of hydrogen-bond donors (Lipinski definition) is 0. The molecule has 4 nitrogen and oxygen atoms in total. The van der Waals surface area contributed by atoms with Gasteiger partial charge in [-0.2, -0.15) is 0 Å². The minimum atomic E-state index is -0.314. The highest BCUT2D eigenvalue weighted by atomic mass is 16.7. The lowest BCUT2D eigenvalue weighted by atomic mass is 10.00. The SMILES string of the molecule is C=C[C@@H]1CC[C@@H]2OC(c3ccc(OC)cc3)OC[C@H]2O1. The summed E-state index contributed by atoms with van der Waals surface area (Å²) < 4.78 is 22.8. The molecule has 0 amide bonds. The van der Waals surface area contributed by atoms with Gasteiger partial charge in [0.05, 0.1) is 25.9 Å². The Morgan fingerprint density at radius 3 is 2.65 bits per heavy atom. The summed E-state index contributed by atoms with van der Waals surface area (Å²) in [4.78, 5) is 0. The Labute approximate surface area is 119 Å². The molecule has 2 aliphatic rings. The van der Waals surface area contributed by atoms with Crippen LogP contribution in [0, 0.1) is 0 Å². The molecule has 0 N–H and O–H groups in total. The zero-order valence-electron chi connectivity index (χ0n) is 11.7. The molecule has 20 heavy (non-hydrogen) atoms. The normalized spacial score (nSPS) is 33.2. The van der Waals surface area contributed by atoms with E-state index in [1.54, 1.807) is 7.11 Å². The maximum absolute atomic E-state index is 6.02. The van der Waals surface area contributed by atoms with Crippen LogP contribution in [0.1, 0.15) is 24.7 Å². The molecule has 1 aromatic carbocycles. The lowest BCUT2D eigenvalue weighted by Crippen LogP contribution is -2.47. The van der Waals surface area contributed by atoms with E-state index in [9.17, 15) is 0 Å². The monoisotopic (exact) mass is 276 g/mol. The highest BCUT2D eigenvalue weighted by Gasteiger charge is 2.37. The van der Waals surface area contributed by atoms with Crippen molar-refractivity contribution < 1.29 is 18.9 Å². The van der Waals surface area contributed by atoms with E-state index >= 15 is 0 Å². The Hall–Kier alpha value is -1.36. The van der Waals surface area contributed by atoms with Gasteiger partial charge in [-0.15, -0.1) is 6.58 Å². The summed E-state index contributed by atoms with van der Waals surface area (Å²) in [6.45, 7) is 4.34. The number of methoxy groups -OCH3 is 1. The molecule has 2 fully saturated rings. The van der Waals surface area contributed by atoms with Crippen molar-refractivity contribution in [2.45, 2.75) is 37.4 Å². The third kappa shape index (κ3) is 2.73. The zero-order chi connectivity index (χ0) is 13.9. The first-order chi connectivity index (χ1) is 9.80. The lowest BCUT2D eigenvalue weighted by molar-refractivity contribution is -0.284. The summed E-state index contributed by atoms with van der Waals surface area (Å²) in [5, 5.41) is 0. The van der Waals surface area contributed by atoms with Crippen molar-refractivity contribution >= 4 is 0 Å². The summed E-state index contributed by atoms with van der Waals surface area (Å²) in [6, 6.07) is 7.78. The summed E-state index contributed by atoms with van der Waals surface area (Å²) >= 11 is 0. The van der Waals surface area contributed by atoms with E-state index in [2.05, 4.69) is 6.58 Å². The van der Waals surface area contributed by atoms with E-state index in [-0.39, 0.29) is 24.6 Å². The fraction of sp³-hybridized carbons (Fsp3) is 0.500. The van der Waals surface area contributed by atoms with E-state index in [0.29, 0.717) is 6.61 Å². The Morgan fingerprint density at radius 2 is 1.95 bits per heavy atom. The Kier molecular flexibility index (Phi) is 4.05. The molecule has 4 atom stereocenters. The van der Waals surface area contributed by atoms with Gasteiger partial charge < -0.3 is 18.9 Å². The second-order valence-corrected chi connectivity index (χ2v) is 5.14. The molecule has 108 valence electrons. The average molecular weight is 276 g/mol. The van der Waals surface area contributed by atoms with Crippen LogP contribution >= 0.6 is 0 Å². The van der Waals surface area contributed by atoms with Crippen molar-refractivity contribution in [2.75, 3.05) is 13.7 Å². The third-order valence-electron chi connectivity index (χ3n) is 3.86. The molecule has 0 saturated carbocycles. The van der Waals surface area contributed by atoms with E-state index < -0.39 is 0 Å². The molecule has 0 bridgehead atoms. The van der Waals surface area contributed by atoms with Crippen LogP contribution in [0.2, 0.25) is 0 Å². The number of hydrogen-bond acceptors (Lipinski definition) is 4. The second-order valence-electron chi connectivity index (χ2n) is 5.14. The van der Waals surface area contributed by atoms with Gasteiger partial charge in [0.25, 0.3) is 0 Å². The summed E-state index contributed by atoms with van der Waals surface area (Å²) in [6.07, 6.45) is 3.73. The minimum absolute atomic E-state index is 0.0150. The zero-order valence-corrected chi connectivity index (χ0v) is 11.7. The van der Waals surface area contributed by atoms with Gasteiger partial charge in [0.1, 0.15) is 11.9 Å². The van der Waals surface area contributed by atoms with Gasteiger partial charge in [0.2, 0.25) is 0 Å². The van der Waals surface area contributed by atoms with Crippen LogP contribution in [-0.4, -0.2) is 32.0 Å². The minimum Gasteiger partial charge on any atom is -0.497 e. The van der Waals surface area contributed by atoms with Crippen molar-refractivity contribution in [2.24, 2.45) is 0 Å². The molecule has 1 aromatic rings. The van der Waals surface area contributed by atoms with Crippen molar-refractivity contribution in [3.8, 4) is 5.75 Å². The number of rotatable bonds is 3. The van der Waals surface area contributed by atoms with Gasteiger partial charge in [0, 0.05) is 5.56 Å². The van der Waals surface area contributed by atoms with Crippen LogP contribution in [-0.2, 0) is 14.2 Å². The summed E-state index contributed by atoms with van der Waals surface area (Å²) in [5.41, 5.74) is 1.01. The number of benzene rings is 1. The van der Waals surface area contributed by atoms with E-state index in [0.717, 1.165) is 24.2 Å².